The van der Waals surface area contributed by atoms with E-state index in [9.17, 15) is 23.7 Å². The fourth-order valence-corrected chi connectivity index (χ4v) is 3.42. The molecule has 0 unspecified atom stereocenters. The molecule has 0 atom stereocenters. The van der Waals surface area contributed by atoms with E-state index >= 15 is 0 Å². The second-order valence-corrected chi connectivity index (χ2v) is 7.62. The summed E-state index contributed by atoms with van der Waals surface area (Å²) in [6, 6.07) is 1.04. The van der Waals surface area contributed by atoms with Gasteiger partial charge in [0.1, 0.15) is 0 Å². The Hall–Kier alpha value is -2.58. The Morgan fingerprint density at radius 1 is 1.46 bits per heavy atom. The number of carboxylic acid groups (broad SMARTS) is 1. The molecular formula is C19H25F2N3O4. The maximum absolute atomic E-state index is 13.6. The van der Waals surface area contributed by atoms with Gasteiger partial charge in [0, 0.05) is 49.3 Å². The van der Waals surface area contributed by atoms with Crippen molar-refractivity contribution in [3.63, 3.8) is 0 Å². The topological polar surface area (TPSA) is 96.6 Å². The smallest absolute Gasteiger partial charge is 0.328 e. The van der Waals surface area contributed by atoms with Crippen LogP contribution in [0.5, 0.6) is 0 Å². The molecule has 0 spiro atoms. The van der Waals surface area contributed by atoms with Gasteiger partial charge in [0.15, 0.2) is 0 Å². The predicted octanol–water partition coefficient (Wildman–Crippen LogP) is 4.52. The van der Waals surface area contributed by atoms with Crippen LogP contribution in [0.25, 0.3) is 5.57 Å². The highest BCUT2D eigenvalue weighted by molar-refractivity contribution is 5.89. The number of hydrogen-bond donors (Lipinski definition) is 1. The minimum absolute atomic E-state index is 0.140. The summed E-state index contributed by atoms with van der Waals surface area (Å²) in [6.45, 7) is 5.88. The average molecular weight is 397 g/mol. The van der Waals surface area contributed by atoms with E-state index in [-0.39, 0.29) is 49.1 Å². The highest BCUT2D eigenvalue weighted by Crippen LogP contribution is 2.39. The molecule has 1 fully saturated rings. The Balaban J connectivity index is 2.44. The van der Waals surface area contributed by atoms with E-state index in [1.165, 1.54) is 19.2 Å². The van der Waals surface area contributed by atoms with Crippen molar-refractivity contribution in [1.82, 2.24) is 4.98 Å². The SMILES string of the molecule is CC(=CC(=O)O)c1cnc(N(CC(C)C)C2CCC(F)(F)CC2)c([N+](=O)[O-])c1. The summed E-state index contributed by atoms with van der Waals surface area (Å²) in [6.07, 6.45) is 2.31. The van der Waals surface area contributed by atoms with Crippen LogP contribution < -0.4 is 4.90 Å². The molecule has 1 aromatic rings. The summed E-state index contributed by atoms with van der Waals surface area (Å²) in [5, 5.41) is 20.6. The number of aromatic nitrogens is 1. The number of rotatable bonds is 7. The Morgan fingerprint density at radius 3 is 2.57 bits per heavy atom. The van der Waals surface area contributed by atoms with E-state index in [4.69, 9.17) is 5.11 Å². The van der Waals surface area contributed by atoms with Gasteiger partial charge in [-0.3, -0.25) is 10.1 Å². The van der Waals surface area contributed by atoms with Crippen LogP contribution in [0.2, 0.25) is 0 Å². The van der Waals surface area contributed by atoms with Crippen molar-refractivity contribution in [2.45, 2.75) is 58.4 Å². The number of pyridine rings is 1. The fraction of sp³-hybridized carbons (Fsp3) is 0.579. The minimum Gasteiger partial charge on any atom is -0.478 e. The summed E-state index contributed by atoms with van der Waals surface area (Å²) in [5.74, 6) is -3.56. The zero-order chi connectivity index (χ0) is 21.1. The van der Waals surface area contributed by atoms with Crippen molar-refractivity contribution < 1.29 is 23.6 Å². The quantitative estimate of drug-likeness (QED) is 0.413. The molecule has 9 heteroatoms. The second kappa shape index (κ2) is 8.62. The van der Waals surface area contributed by atoms with Crippen LogP contribution in [0, 0.1) is 16.0 Å². The van der Waals surface area contributed by atoms with Crippen LogP contribution in [0.1, 0.15) is 52.0 Å². The van der Waals surface area contributed by atoms with Crippen LogP contribution in [0.15, 0.2) is 18.3 Å². The number of alkyl halides is 2. The summed E-state index contributed by atoms with van der Waals surface area (Å²) in [5.41, 5.74) is 0.411. The van der Waals surface area contributed by atoms with E-state index in [2.05, 4.69) is 4.98 Å². The third kappa shape index (κ3) is 5.46. The molecule has 28 heavy (non-hydrogen) atoms. The van der Waals surface area contributed by atoms with Gasteiger partial charge < -0.3 is 10.0 Å². The first-order chi connectivity index (χ1) is 13.0. The highest BCUT2D eigenvalue weighted by Gasteiger charge is 2.38. The molecule has 0 aromatic carbocycles. The van der Waals surface area contributed by atoms with Crippen LogP contribution in [0.4, 0.5) is 20.3 Å². The monoisotopic (exact) mass is 397 g/mol. The lowest BCUT2D eigenvalue weighted by atomic mass is 9.90. The average Bonchev–Trinajstić information content (AvgIpc) is 2.58. The number of halogens is 2. The summed E-state index contributed by atoms with van der Waals surface area (Å²) in [7, 11) is 0. The van der Waals surface area contributed by atoms with Crippen LogP contribution in [0.3, 0.4) is 0 Å². The van der Waals surface area contributed by atoms with Gasteiger partial charge in [-0.15, -0.1) is 0 Å². The van der Waals surface area contributed by atoms with E-state index in [0.29, 0.717) is 17.7 Å². The van der Waals surface area contributed by atoms with Gasteiger partial charge in [0.05, 0.1) is 4.92 Å². The normalized spacial score (nSPS) is 17.6. The maximum Gasteiger partial charge on any atom is 0.328 e. The van der Waals surface area contributed by atoms with Crippen molar-refractivity contribution >= 4 is 23.0 Å². The Labute approximate surface area is 162 Å². The van der Waals surface area contributed by atoms with E-state index < -0.39 is 16.8 Å². The largest absolute Gasteiger partial charge is 0.478 e. The molecule has 1 heterocycles. The fourth-order valence-electron chi connectivity index (χ4n) is 3.42. The van der Waals surface area contributed by atoms with Crippen LogP contribution in [-0.2, 0) is 4.79 Å². The van der Waals surface area contributed by atoms with Gasteiger partial charge in [-0.25, -0.2) is 18.6 Å². The number of carboxylic acids is 1. The molecule has 0 radical (unpaired) electrons. The van der Waals surface area contributed by atoms with Gasteiger partial charge in [-0.1, -0.05) is 13.8 Å². The van der Waals surface area contributed by atoms with E-state index in [0.717, 1.165) is 6.08 Å². The molecule has 2 rings (SSSR count). The number of hydrogen-bond acceptors (Lipinski definition) is 5. The third-order valence-electron chi connectivity index (χ3n) is 4.80. The van der Waals surface area contributed by atoms with Gasteiger partial charge in [0.2, 0.25) is 11.7 Å². The molecule has 0 aliphatic heterocycles. The maximum atomic E-state index is 13.6. The zero-order valence-corrected chi connectivity index (χ0v) is 16.2. The van der Waals surface area contributed by atoms with Gasteiger partial charge >= 0.3 is 11.7 Å². The van der Waals surface area contributed by atoms with E-state index in [1.54, 1.807) is 4.90 Å². The van der Waals surface area contributed by atoms with E-state index in [1.807, 2.05) is 13.8 Å². The highest BCUT2D eigenvalue weighted by atomic mass is 19.3. The Kier molecular flexibility index (Phi) is 6.69. The zero-order valence-electron chi connectivity index (χ0n) is 16.2. The van der Waals surface area contributed by atoms with Crippen LogP contribution in [-0.4, -0.2) is 39.5 Å². The van der Waals surface area contributed by atoms with Gasteiger partial charge in [0.25, 0.3) is 0 Å². The van der Waals surface area contributed by atoms with Gasteiger partial charge in [-0.2, -0.15) is 0 Å². The first-order valence-electron chi connectivity index (χ1n) is 9.20. The molecule has 0 saturated heterocycles. The molecule has 1 saturated carbocycles. The molecule has 7 nitrogen and oxygen atoms in total. The summed E-state index contributed by atoms with van der Waals surface area (Å²) >= 11 is 0. The van der Waals surface area contributed by atoms with Crippen LogP contribution >= 0.6 is 0 Å². The minimum atomic E-state index is -2.69. The van der Waals surface area contributed by atoms with Crippen molar-refractivity contribution in [2.24, 2.45) is 5.92 Å². The van der Waals surface area contributed by atoms with Crippen molar-refractivity contribution in [1.29, 1.82) is 0 Å². The summed E-state index contributed by atoms with van der Waals surface area (Å²) in [4.78, 5) is 28.0. The Morgan fingerprint density at radius 2 is 2.07 bits per heavy atom. The lowest BCUT2D eigenvalue weighted by Crippen LogP contribution is -2.43. The molecule has 1 aliphatic carbocycles. The lowest BCUT2D eigenvalue weighted by Gasteiger charge is -2.38. The second-order valence-electron chi connectivity index (χ2n) is 7.62. The van der Waals surface area contributed by atoms with Crippen molar-refractivity contribution in [2.75, 3.05) is 11.4 Å². The van der Waals surface area contributed by atoms with Crippen molar-refractivity contribution in [3.05, 3.63) is 34.0 Å². The first-order valence-corrected chi connectivity index (χ1v) is 9.20. The number of nitro groups is 1. The number of allylic oxidation sites excluding steroid dienone is 1. The number of carbonyl (C=O) groups is 1. The molecule has 1 aromatic heterocycles. The Bertz CT molecular complexity index is 770. The van der Waals surface area contributed by atoms with Crippen molar-refractivity contribution in [3.8, 4) is 0 Å². The molecule has 1 N–H and O–H groups in total. The summed E-state index contributed by atoms with van der Waals surface area (Å²) < 4.78 is 27.1. The standard InChI is InChI=1S/C19H25F2N3O4/c1-12(2)11-23(15-4-6-19(20,21)7-5-15)18-16(24(27)28)9-14(10-22-18)13(3)8-17(25)26/h8-10,12,15H,4-7,11H2,1-3H3,(H,25,26). The molecular weight excluding hydrogens is 372 g/mol. The number of nitrogens with zero attached hydrogens (tertiary/aromatic N) is 3. The third-order valence-corrected chi connectivity index (χ3v) is 4.80. The molecule has 154 valence electrons. The molecule has 0 bridgehead atoms. The molecule has 0 amide bonds. The molecule has 1 aliphatic rings. The predicted molar refractivity (Wildman–Crippen MR) is 102 cm³/mol. The van der Waals surface area contributed by atoms with Gasteiger partial charge in [-0.05, 0) is 31.3 Å². The number of anilines is 1. The lowest BCUT2D eigenvalue weighted by molar-refractivity contribution is -0.384. The number of aliphatic carboxylic acids is 1. The first kappa shape index (κ1) is 21.7.